The molecule has 3 heteroatoms. The fourth-order valence-electron chi connectivity index (χ4n) is 2.58. The van der Waals surface area contributed by atoms with Gasteiger partial charge in [-0.2, -0.15) is 0 Å². The zero-order chi connectivity index (χ0) is 8.01. The summed E-state index contributed by atoms with van der Waals surface area (Å²) in [6.07, 6.45) is 3.42. The summed E-state index contributed by atoms with van der Waals surface area (Å²) in [5, 5.41) is 8.86. The Morgan fingerprint density at radius 1 is 1.55 bits per heavy atom. The Morgan fingerprint density at radius 2 is 2.27 bits per heavy atom. The molecule has 0 aromatic heterocycles. The standard InChI is InChI=1S/C8H13NO2/c1-9-6-3-2-5(4-6)7(9)8(10)11/h5-7H,2-4H2,1H3,(H,10,11). The highest BCUT2D eigenvalue weighted by Gasteiger charge is 2.47. The first kappa shape index (κ1) is 7.10. The molecule has 0 amide bonds. The molecule has 1 aliphatic carbocycles. The highest BCUT2D eigenvalue weighted by atomic mass is 16.4. The summed E-state index contributed by atoms with van der Waals surface area (Å²) in [7, 11) is 1.93. The highest BCUT2D eigenvalue weighted by molar-refractivity contribution is 5.74. The van der Waals surface area contributed by atoms with Crippen molar-refractivity contribution < 1.29 is 9.90 Å². The number of likely N-dealkylation sites (N-methyl/N-ethyl adjacent to an activating group) is 1. The smallest absolute Gasteiger partial charge is 0.321 e. The quantitative estimate of drug-likeness (QED) is 0.601. The summed E-state index contributed by atoms with van der Waals surface area (Å²) in [6, 6.07) is 0.370. The molecule has 2 bridgehead atoms. The minimum atomic E-state index is -0.639. The average molecular weight is 155 g/mol. The van der Waals surface area contributed by atoms with Gasteiger partial charge in [0.15, 0.2) is 0 Å². The number of carboxylic acid groups (broad SMARTS) is 1. The minimum Gasteiger partial charge on any atom is -0.480 e. The Morgan fingerprint density at radius 3 is 2.64 bits per heavy atom. The lowest BCUT2D eigenvalue weighted by Gasteiger charge is -2.28. The van der Waals surface area contributed by atoms with Crippen molar-refractivity contribution in [1.82, 2.24) is 4.90 Å². The number of carbonyl (C=O) groups is 1. The third-order valence-corrected chi connectivity index (χ3v) is 3.16. The minimum absolute atomic E-state index is 0.186. The summed E-state index contributed by atoms with van der Waals surface area (Å²) in [4.78, 5) is 12.8. The van der Waals surface area contributed by atoms with E-state index in [2.05, 4.69) is 0 Å². The van der Waals surface area contributed by atoms with Gasteiger partial charge in [-0.1, -0.05) is 0 Å². The fourth-order valence-corrected chi connectivity index (χ4v) is 2.58. The van der Waals surface area contributed by atoms with Crippen LogP contribution < -0.4 is 0 Å². The van der Waals surface area contributed by atoms with E-state index < -0.39 is 5.97 Å². The van der Waals surface area contributed by atoms with Crippen LogP contribution in [0.4, 0.5) is 0 Å². The molecule has 3 nitrogen and oxygen atoms in total. The molecule has 2 fully saturated rings. The summed E-state index contributed by atoms with van der Waals surface area (Å²) in [5.74, 6) is -0.206. The Labute approximate surface area is 66.0 Å². The number of hydrogen-bond acceptors (Lipinski definition) is 2. The third-order valence-electron chi connectivity index (χ3n) is 3.16. The first-order valence-corrected chi connectivity index (χ1v) is 4.15. The normalized spacial score (nSPS) is 43.2. The molecule has 3 atom stereocenters. The lowest BCUT2D eigenvalue weighted by Crippen LogP contribution is -2.42. The van der Waals surface area contributed by atoms with E-state index in [-0.39, 0.29) is 6.04 Å². The molecule has 3 unspecified atom stereocenters. The van der Waals surface area contributed by atoms with Crippen LogP contribution in [0.3, 0.4) is 0 Å². The number of nitrogens with zero attached hydrogens (tertiary/aromatic N) is 1. The van der Waals surface area contributed by atoms with Gasteiger partial charge in [-0.3, -0.25) is 9.69 Å². The molecule has 0 radical (unpaired) electrons. The Bertz CT molecular complexity index is 191. The monoisotopic (exact) mass is 155 g/mol. The maximum absolute atomic E-state index is 10.8. The maximum Gasteiger partial charge on any atom is 0.321 e. The molecule has 1 saturated heterocycles. The molecule has 0 aromatic rings. The molecule has 0 spiro atoms. The largest absolute Gasteiger partial charge is 0.480 e. The Balaban J connectivity index is 2.17. The third kappa shape index (κ3) is 0.872. The number of fused-ring (bicyclic) bond motifs is 2. The second-order valence-electron chi connectivity index (χ2n) is 3.68. The molecule has 11 heavy (non-hydrogen) atoms. The van der Waals surface area contributed by atoms with Crippen LogP contribution in [0.5, 0.6) is 0 Å². The zero-order valence-corrected chi connectivity index (χ0v) is 6.66. The van der Waals surface area contributed by atoms with Crippen molar-refractivity contribution in [2.45, 2.75) is 31.3 Å². The summed E-state index contributed by atoms with van der Waals surface area (Å²) >= 11 is 0. The predicted octanol–water partition coefficient (Wildman–Crippen LogP) is 0.554. The van der Waals surface area contributed by atoms with Gasteiger partial charge in [-0.15, -0.1) is 0 Å². The van der Waals surface area contributed by atoms with E-state index in [1.165, 1.54) is 6.42 Å². The molecule has 2 aliphatic rings. The van der Waals surface area contributed by atoms with Crippen molar-refractivity contribution in [3.63, 3.8) is 0 Å². The lowest BCUT2D eigenvalue weighted by molar-refractivity contribution is -0.144. The van der Waals surface area contributed by atoms with Gasteiger partial charge in [-0.25, -0.2) is 0 Å². The maximum atomic E-state index is 10.8. The van der Waals surface area contributed by atoms with E-state index in [4.69, 9.17) is 5.11 Å². The van der Waals surface area contributed by atoms with E-state index in [9.17, 15) is 4.79 Å². The van der Waals surface area contributed by atoms with Crippen LogP contribution >= 0.6 is 0 Å². The number of carboxylic acids is 1. The van der Waals surface area contributed by atoms with Gasteiger partial charge in [0, 0.05) is 6.04 Å². The van der Waals surface area contributed by atoms with Crippen LogP contribution in [0.25, 0.3) is 0 Å². The number of rotatable bonds is 1. The van der Waals surface area contributed by atoms with E-state index in [1.807, 2.05) is 11.9 Å². The first-order chi connectivity index (χ1) is 5.20. The molecule has 2 rings (SSSR count). The van der Waals surface area contributed by atoms with Crippen LogP contribution in [-0.2, 0) is 4.79 Å². The van der Waals surface area contributed by atoms with Gasteiger partial charge < -0.3 is 5.11 Å². The van der Waals surface area contributed by atoms with Crippen molar-refractivity contribution >= 4 is 5.97 Å². The number of hydrogen-bond donors (Lipinski definition) is 1. The highest BCUT2D eigenvalue weighted by Crippen LogP contribution is 2.41. The molecule has 0 aromatic carbocycles. The number of piperidine rings is 1. The molecule has 1 N–H and O–H groups in total. The molecule has 62 valence electrons. The average Bonchev–Trinajstić information content (AvgIpc) is 2.44. The molecular weight excluding hydrogens is 142 g/mol. The second kappa shape index (κ2) is 2.21. The van der Waals surface area contributed by atoms with Crippen LogP contribution in [0.15, 0.2) is 0 Å². The van der Waals surface area contributed by atoms with E-state index >= 15 is 0 Å². The van der Waals surface area contributed by atoms with Crippen LogP contribution in [0.2, 0.25) is 0 Å². The van der Waals surface area contributed by atoms with E-state index in [1.54, 1.807) is 0 Å². The summed E-state index contributed by atoms with van der Waals surface area (Å²) in [6.45, 7) is 0. The SMILES string of the molecule is CN1C2CCC(C2)C1C(=O)O. The van der Waals surface area contributed by atoms with Gasteiger partial charge in [0.1, 0.15) is 6.04 Å². The fraction of sp³-hybridized carbons (Fsp3) is 0.875. The van der Waals surface area contributed by atoms with Crippen LogP contribution in [0, 0.1) is 5.92 Å². The molecule has 1 saturated carbocycles. The van der Waals surface area contributed by atoms with Crippen molar-refractivity contribution in [1.29, 1.82) is 0 Å². The van der Waals surface area contributed by atoms with Gasteiger partial charge in [0.05, 0.1) is 0 Å². The second-order valence-corrected chi connectivity index (χ2v) is 3.68. The first-order valence-electron chi connectivity index (χ1n) is 4.15. The predicted molar refractivity (Wildman–Crippen MR) is 40.3 cm³/mol. The summed E-state index contributed by atoms with van der Waals surface area (Å²) < 4.78 is 0. The molecule has 1 heterocycles. The Kier molecular flexibility index (Phi) is 1.42. The lowest BCUT2D eigenvalue weighted by atomic mass is 9.99. The van der Waals surface area contributed by atoms with Gasteiger partial charge in [0.2, 0.25) is 0 Å². The topological polar surface area (TPSA) is 40.5 Å². The van der Waals surface area contributed by atoms with Gasteiger partial charge in [-0.05, 0) is 32.2 Å². The van der Waals surface area contributed by atoms with Crippen molar-refractivity contribution in [2.24, 2.45) is 5.92 Å². The number of likely N-dealkylation sites (tertiary alicyclic amines) is 1. The van der Waals surface area contributed by atoms with E-state index in [0.29, 0.717) is 12.0 Å². The molecule has 1 aliphatic heterocycles. The van der Waals surface area contributed by atoms with Crippen molar-refractivity contribution in [3.8, 4) is 0 Å². The summed E-state index contributed by atoms with van der Waals surface area (Å²) in [5.41, 5.74) is 0. The van der Waals surface area contributed by atoms with Gasteiger partial charge in [0.25, 0.3) is 0 Å². The van der Waals surface area contributed by atoms with Crippen LogP contribution in [0.1, 0.15) is 19.3 Å². The van der Waals surface area contributed by atoms with Crippen molar-refractivity contribution in [2.75, 3.05) is 7.05 Å². The van der Waals surface area contributed by atoms with Gasteiger partial charge >= 0.3 is 5.97 Å². The van der Waals surface area contributed by atoms with Crippen molar-refractivity contribution in [3.05, 3.63) is 0 Å². The molecular formula is C8H13NO2. The Hall–Kier alpha value is -0.570. The van der Waals surface area contributed by atoms with E-state index in [0.717, 1.165) is 12.8 Å². The number of aliphatic carboxylic acids is 1. The van der Waals surface area contributed by atoms with Crippen LogP contribution in [-0.4, -0.2) is 35.1 Å². The zero-order valence-electron chi connectivity index (χ0n) is 6.66.